The summed E-state index contributed by atoms with van der Waals surface area (Å²) >= 11 is 0. The SMILES string of the molecule is CC(C)Oc1ccc2c(c1)c(-c1ccnc(N3CCN(CCO)CC3)c1)nn2C(c1ccccc1)(c1ccccc1)c1ccccc1. The van der Waals surface area contributed by atoms with Crippen LogP contribution in [0.3, 0.4) is 0 Å². The summed E-state index contributed by atoms with van der Waals surface area (Å²) in [4.78, 5) is 9.41. The Kier molecular flexibility index (Phi) is 8.74. The molecule has 0 radical (unpaired) electrons. The molecule has 0 aliphatic carbocycles. The quantitative estimate of drug-likeness (QED) is 0.169. The van der Waals surface area contributed by atoms with Crippen molar-refractivity contribution in [2.24, 2.45) is 0 Å². The predicted molar refractivity (Wildman–Crippen MR) is 189 cm³/mol. The fraction of sp³-hybridized carbons (Fsp3) is 0.250. The van der Waals surface area contributed by atoms with Gasteiger partial charge >= 0.3 is 0 Å². The zero-order valence-corrected chi connectivity index (χ0v) is 27.0. The Balaban J connectivity index is 1.47. The molecule has 7 rings (SSSR count). The van der Waals surface area contributed by atoms with E-state index < -0.39 is 5.54 Å². The van der Waals surface area contributed by atoms with Gasteiger partial charge in [0.2, 0.25) is 0 Å². The standard InChI is InChI=1S/C40H41N5O2/c1-30(2)47-35-18-19-37-36(29-35)39(31-20-21-41-38(28-31)44-24-22-43(23-25-44)26-27-46)42-45(37)40(32-12-6-3-7-13-32,33-14-8-4-9-15-33)34-16-10-5-11-17-34/h3-21,28-30,46H,22-27H2,1-2H3. The molecule has 7 heteroatoms. The van der Waals surface area contributed by atoms with Gasteiger partial charge < -0.3 is 14.7 Å². The number of fused-ring (bicyclic) bond motifs is 1. The number of benzene rings is 4. The number of anilines is 1. The Morgan fingerprint density at radius 1 is 0.745 bits per heavy atom. The molecule has 3 heterocycles. The van der Waals surface area contributed by atoms with Crippen LogP contribution in [0.4, 0.5) is 5.82 Å². The third kappa shape index (κ3) is 5.88. The number of aromatic nitrogens is 3. The van der Waals surface area contributed by atoms with Crippen LogP contribution in [-0.2, 0) is 5.54 Å². The fourth-order valence-electron chi connectivity index (χ4n) is 6.90. The van der Waals surface area contributed by atoms with Gasteiger partial charge in [0.1, 0.15) is 22.8 Å². The first-order chi connectivity index (χ1) is 23.1. The van der Waals surface area contributed by atoms with Crippen molar-refractivity contribution >= 4 is 16.7 Å². The van der Waals surface area contributed by atoms with Gasteiger partial charge in [0, 0.05) is 49.9 Å². The van der Waals surface area contributed by atoms with Crippen LogP contribution in [0, 0.1) is 0 Å². The van der Waals surface area contributed by atoms with Crippen LogP contribution in [-0.4, -0.2) is 70.2 Å². The zero-order chi connectivity index (χ0) is 32.2. The van der Waals surface area contributed by atoms with E-state index in [9.17, 15) is 5.11 Å². The first kappa shape index (κ1) is 30.7. The van der Waals surface area contributed by atoms with Gasteiger partial charge in [-0.3, -0.25) is 4.90 Å². The molecule has 0 spiro atoms. The summed E-state index contributed by atoms with van der Waals surface area (Å²) < 4.78 is 8.44. The highest BCUT2D eigenvalue weighted by atomic mass is 16.5. The molecule has 6 aromatic rings. The highest BCUT2D eigenvalue weighted by Crippen LogP contribution is 2.44. The molecule has 1 fully saturated rings. The van der Waals surface area contributed by atoms with Crippen molar-refractivity contribution in [3.63, 3.8) is 0 Å². The summed E-state index contributed by atoms with van der Waals surface area (Å²) in [7, 11) is 0. The first-order valence-electron chi connectivity index (χ1n) is 16.5. The highest BCUT2D eigenvalue weighted by molar-refractivity contribution is 5.95. The molecular formula is C40H41N5O2. The number of piperazine rings is 1. The maximum absolute atomic E-state index is 9.41. The van der Waals surface area contributed by atoms with E-state index in [-0.39, 0.29) is 12.7 Å². The average Bonchev–Trinajstić information content (AvgIpc) is 3.49. The summed E-state index contributed by atoms with van der Waals surface area (Å²) in [5, 5.41) is 16.0. The maximum Gasteiger partial charge on any atom is 0.138 e. The number of ether oxygens (including phenoxy) is 1. The Morgan fingerprint density at radius 3 is 1.89 bits per heavy atom. The van der Waals surface area contributed by atoms with E-state index in [2.05, 4.69) is 150 Å². The Labute approximate surface area is 276 Å². The van der Waals surface area contributed by atoms with Crippen LogP contribution >= 0.6 is 0 Å². The molecule has 1 aliphatic heterocycles. The molecule has 0 bridgehead atoms. The largest absolute Gasteiger partial charge is 0.491 e. The normalized spacial score (nSPS) is 14.2. The van der Waals surface area contributed by atoms with Crippen molar-refractivity contribution in [3.05, 3.63) is 144 Å². The number of rotatable bonds is 10. The second kappa shape index (κ2) is 13.4. The molecule has 4 aromatic carbocycles. The molecule has 7 nitrogen and oxygen atoms in total. The lowest BCUT2D eigenvalue weighted by Gasteiger charge is -2.37. The van der Waals surface area contributed by atoms with E-state index in [1.807, 2.05) is 6.20 Å². The molecular weight excluding hydrogens is 582 g/mol. The van der Waals surface area contributed by atoms with Gasteiger partial charge in [-0.1, -0.05) is 91.0 Å². The Hall–Kier alpha value is -4.98. The lowest BCUT2D eigenvalue weighted by atomic mass is 9.77. The Bertz CT molecular complexity index is 1820. The molecule has 0 saturated carbocycles. The first-order valence-corrected chi connectivity index (χ1v) is 16.5. The number of hydrogen-bond donors (Lipinski definition) is 1. The minimum Gasteiger partial charge on any atom is -0.491 e. The van der Waals surface area contributed by atoms with E-state index in [0.717, 1.165) is 76.6 Å². The van der Waals surface area contributed by atoms with E-state index in [1.54, 1.807) is 0 Å². The molecule has 238 valence electrons. The molecule has 0 amide bonds. The smallest absolute Gasteiger partial charge is 0.138 e. The van der Waals surface area contributed by atoms with E-state index in [1.165, 1.54) is 0 Å². The van der Waals surface area contributed by atoms with Gasteiger partial charge in [-0.05, 0) is 60.9 Å². The van der Waals surface area contributed by atoms with Gasteiger partial charge in [-0.2, -0.15) is 5.10 Å². The lowest BCUT2D eigenvalue weighted by molar-refractivity contribution is 0.188. The summed E-state index contributed by atoms with van der Waals surface area (Å²) in [6.07, 6.45) is 1.93. The van der Waals surface area contributed by atoms with Gasteiger partial charge in [-0.25, -0.2) is 9.67 Å². The monoisotopic (exact) mass is 623 g/mol. The van der Waals surface area contributed by atoms with Crippen molar-refractivity contribution in [1.82, 2.24) is 19.7 Å². The number of hydrogen-bond acceptors (Lipinski definition) is 6. The van der Waals surface area contributed by atoms with Crippen molar-refractivity contribution in [1.29, 1.82) is 0 Å². The predicted octanol–water partition coefficient (Wildman–Crippen LogP) is 6.84. The number of pyridine rings is 1. The zero-order valence-electron chi connectivity index (χ0n) is 27.0. The Morgan fingerprint density at radius 2 is 1.34 bits per heavy atom. The van der Waals surface area contributed by atoms with Crippen molar-refractivity contribution in [2.75, 3.05) is 44.2 Å². The van der Waals surface area contributed by atoms with E-state index in [4.69, 9.17) is 14.8 Å². The lowest BCUT2D eigenvalue weighted by Crippen LogP contribution is -2.47. The average molecular weight is 624 g/mol. The number of β-amino-alcohol motifs (C(OH)–C–C–N with tert-alkyl or cyclic N) is 1. The van der Waals surface area contributed by atoms with Gasteiger partial charge in [0.15, 0.2) is 0 Å². The fourth-order valence-corrected chi connectivity index (χ4v) is 6.90. The molecule has 1 saturated heterocycles. The van der Waals surface area contributed by atoms with Crippen LogP contribution in [0.5, 0.6) is 5.75 Å². The minimum atomic E-state index is -0.764. The highest BCUT2D eigenvalue weighted by Gasteiger charge is 2.41. The third-order valence-corrected chi connectivity index (χ3v) is 9.05. The van der Waals surface area contributed by atoms with Crippen LogP contribution in [0.25, 0.3) is 22.2 Å². The maximum atomic E-state index is 9.41. The summed E-state index contributed by atoms with van der Waals surface area (Å²) in [6.45, 7) is 8.50. The van der Waals surface area contributed by atoms with Crippen molar-refractivity contribution in [3.8, 4) is 17.0 Å². The third-order valence-electron chi connectivity index (χ3n) is 9.05. The number of aliphatic hydroxyl groups is 1. The van der Waals surface area contributed by atoms with E-state index >= 15 is 0 Å². The summed E-state index contributed by atoms with van der Waals surface area (Å²) in [5.41, 5.74) is 5.47. The van der Waals surface area contributed by atoms with Crippen molar-refractivity contribution < 1.29 is 9.84 Å². The number of aliphatic hydroxyl groups excluding tert-OH is 1. The molecule has 2 aromatic heterocycles. The van der Waals surface area contributed by atoms with Gasteiger partial charge in [0.05, 0.1) is 18.2 Å². The second-order valence-electron chi connectivity index (χ2n) is 12.4. The molecule has 0 unspecified atom stereocenters. The van der Waals surface area contributed by atoms with E-state index in [0.29, 0.717) is 6.54 Å². The van der Waals surface area contributed by atoms with Crippen LogP contribution in [0.1, 0.15) is 30.5 Å². The molecule has 0 atom stereocenters. The molecule has 1 aliphatic rings. The summed E-state index contributed by atoms with van der Waals surface area (Å²) in [6, 6.07) is 42.6. The summed E-state index contributed by atoms with van der Waals surface area (Å²) in [5.74, 6) is 1.75. The van der Waals surface area contributed by atoms with Gasteiger partial charge in [0.25, 0.3) is 0 Å². The number of nitrogens with zero attached hydrogens (tertiary/aromatic N) is 5. The van der Waals surface area contributed by atoms with Crippen LogP contribution in [0.2, 0.25) is 0 Å². The van der Waals surface area contributed by atoms with Crippen LogP contribution in [0.15, 0.2) is 128 Å². The topological polar surface area (TPSA) is 66.7 Å². The molecule has 1 N–H and O–H groups in total. The minimum absolute atomic E-state index is 0.0417. The van der Waals surface area contributed by atoms with Crippen molar-refractivity contribution in [2.45, 2.75) is 25.5 Å². The second-order valence-corrected chi connectivity index (χ2v) is 12.4. The van der Waals surface area contributed by atoms with Crippen LogP contribution < -0.4 is 9.64 Å². The molecule has 47 heavy (non-hydrogen) atoms. The van der Waals surface area contributed by atoms with Gasteiger partial charge in [-0.15, -0.1) is 0 Å².